The van der Waals surface area contributed by atoms with Crippen LogP contribution in [0.2, 0.25) is 0 Å². The third-order valence-electron chi connectivity index (χ3n) is 3.38. The van der Waals surface area contributed by atoms with Crippen molar-refractivity contribution in [3.05, 3.63) is 33.4 Å². The summed E-state index contributed by atoms with van der Waals surface area (Å²) in [7, 11) is 0. The Kier molecular flexibility index (Phi) is 5.97. The molecule has 1 heterocycles. The molecule has 0 radical (unpaired) electrons. The maximum Gasteiger partial charge on any atom is 0.234 e. The van der Waals surface area contributed by atoms with Gasteiger partial charge in [0.2, 0.25) is 5.91 Å². The van der Waals surface area contributed by atoms with Crippen LogP contribution in [0.4, 0.5) is 0 Å². The van der Waals surface area contributed by atoms with Gasteiger partial charge in [0.15, 0.2) is 5.78 Å². The molecule has 0 atom stereocenters. The standard InChI is InChI=1S/C15H19IN2O2/c16-13-6-4-12(5-7-13)14(19)8-9-15(20)17-18-10-2-1-3-11-18/h4-7H,1-3,8-11H2,(H,17,20). The quantitative estimate of drug-likeness (QED) is 0.626. The van der Waals surface area contributed by atoms with Gasteiger partial charge in [0, 0.05) is 35.1 Å². The summed E-state index contributed by atoms with van der Waals surface area (Å²) in [6.45, 7) is 1.83. The van der Waals surface area contributed by atoms with Crippen molar-refractivity contribution in [3.8, 4) is 0 Å². The van der Waals surface area contributed by atoms with Gasteiger partial charge in [-0.25, -0.2) is 5.01 Å². The fourth-order valence-corrected chi connectivity index (χ4v) is 2.60. The minimum atomic E-state index is -0.0641. The van der Waals surface area contributed by atoms with E-state index in [0.717, 1.165) is 29.5 Å². The third kappa shape index (κ3) is 4.86. The summed E-state index contributed by atoms with van der Waals surface area (Å²) in [5.74, 6) is -0.0408. The van der Waals surface area contributed by atoms with Crippen molar-refractivity contribution in [1.82, 2.24) is 10.4 Å². The molecule has 0 unspecified atom stereocenters. The number of carbonyl (C=O) groups excluding carboxylic acids is 2. The summed E-state index contributed by atoms with van der Waals surface area (Å²) >= 11 is 2.20. The molecule has 1 aliphatic heterocycles. The molecule has 1 amide bonds. The molecule has 5 heteroatoms. The van der Waals surface area contributed by atoms with Gasteiger partial charge in [-0.15, -0.1) is 0 Å². The average Bonchev–Trinajstić information content (AvgIpc) is 2.46. The van der Waals surface area contributed by atoms with E-state index in [1.165, 1.54) is 6.42 Å². The van der Waals surface area contributed by atoms with Gasteiger partial charge >= 0.3 is 0 Å². The van der Waals surface area contributed by atoms with Crippen molar-refractivity contribution in [2.75, 3.05) is 13.1 Å². The van der Waals surface area contributed by atoms with E-state index in [0.29, 0.717) is 5.56 Å². The van der Waals surface area contributed by atoms with Crippen molar-refractivity contribution < 1.29 is 9.59 Å². The number of piperidine rings is 1. The SMILES string of the molecule is O=C(CCC(=O)c1ccc(I)cc1)NN1CCCCC1. The van der Waals surface area contributed by atoms with E-state index in [9.17, 15) is 9.59 Å². The van der Waals surface area contributed by atoms with Gasteiger partial charge < -0.3 is 0 Å². The van der Waals surface area contributed by atoms with Crippen LogP contribution in [-0.2, 0) is 4.79 Å². The zero-order valence-corrected chi connectivity index (χ0v) is 13.6. The first-order valence-corrected chi connectivity index (χ1v) is 8.06. The summed E-state index contributed by atoms with van der Waals surface area (Å²) in [4.78, 5) is 23.8. The lowest BCUT2D eigenvalue weighted by Gasteiger charge is -2.26. The van der Waals surface area contributed by atoms with Crippen LogP contribution in [0.3, 0.4) is 0 Å². The summed E-state index contributed by atoms with van der Waals surface area (Å²) in [6.07, 6.45) is 4.00. The monoisotopic (exact) mass is 386 g/mol. The molecule has 0 saturated carbocycles. The fourth-order valence-electron chi connectivity index (χ4n) is 2.25. The van der Waals surface area contributed by atoms with Crippen molar-refractivity contribution >= 4 is 34.3 Å². The molecule has 1 N–H and O–H groups in total. The number of hydrazine groups is 1. The van der Waals surface area contributed by atoms with Crippen molar-refractivity contribution in [2.45, 2.75) is 32.1 Å². The molecule has 1 saturated heterocycles. The number of nitrogens with zero attached hydrogens (tertiary/aromatic N) is 1. The van der Waals surface area contributed by atoms with Gasteiger partial charge in [-0.2, -0.15) is 0 Å². The van der Waals surface area contributed by atoms with Crippen LogP contribution < -0.4 is 5.43 Å². The number of nitrogens with one attached hydrogen (secondary N) is 1. The Morgan fingerprint density at radius 1 is 1.05 bits per heavy atom. The second-order valence-corrected chi connectivity index (χ2v) is 6.26. The summed E-state index contributed by atoms with van der Waals surface area (Å²) in [6, 6.07) is 7.43. The first-order chi connectivity index (χ1) is 9.65. The largest absolute Gasteiger partial charge is 0.294 e. The normalized spacial score (nSPS) is 15.8. The predicted octanol–water partition coefficient (Wildman–Crippen LogP) is 2.77. The number of ketones is 1. The highest BCUT2D eigenvalue weighted by atomic mass is 127. The number of rotatable bonds is 5. The summed E-state index contributed by atoms with van der Waals surface area (Å²) in [5, 5.41) is 1.96. The van der Waals surface area contributed by atoms with E-state index in [1.807, 2.05) is 29.3 Å². The van der Waals surface area contributed by atoms with Crippen LogP contribution in [0.1, 0.15) is 42.5 Å². The van der Waals surface area contributed by atoms with Crippen LogP contribution in [-0.4, -0.2) is 29.8 Å². The van der Waals surface area contributed by atoms with Crippen molar-refractivity contribution in [1.29, 1.82) is 0 Å². The van der Waals surface area contributed by atoms with Crippen molar-refractivity contribution in [3.63, 3.8) is 0 Å². The molecule has 1 aromatic rings. The Labute approximate surface area is 133 Å². The number of Topliss-reactive ketones (excluding diaryl/α,β-unsaturated/α-hetero) is 1. The number of carbonyl (C=O) groups is 2. The lowest BCUT2D eigenvalue weighted by atomic mass is 10.1. The van der Waals surface area contributed by atoms with Gasteiger partial charge in [0.1, 0.15) is 0 Å². The van der Waals surface area contributed by atoms with Gasteiger partial charge in [-0.05, 0) is 47.6 Å². The first kappa shape index (κ1) is 15.4. The topological polar surface area (TPSA) is 49.4 Å². The number of hydrogen-bond donors (Lipinski definition) is 1. The maximum absolute atomic E-state index is 12.0. The van der Waals surface area contributed by atoms with Gasteiger partial charge in [-0.1, -0.05) is 18.6 Å². The van der Waals surface area contributed by atoms with E-state index in [2.05, 4.69) is 28.0 Å². The van der Waals surface area contributed by atoms with E-state index in [1.54, 1.807) is 0 Å². The van der Waals surface area contributed by atoms with Crippen LogP contribution >= 0.6 is 22.6 Å². The Bertz CT molecular complexity index is 467. The molecule has 0 aromatic heterocycles. The Morgan fingerprint density at radius 3 is 2.35 bits per heavy atom. The highest BCUT2D eigenvalue weighted by Gasteiger charge is 2.14. The second-order valence-electron chi connectivity index (χ2n) is 5.01. The average molecular weight is 386 g/mol. The molecule has 2 rings (SSSR count). The van der Waals surface area contributed by atoms with E-state index in [4.69, 9.17) is 0 Å². The highest BCUT2D eigenvalue weighted by Crippen LogP contribution is 2.10. The Balaban J connectivity index is 1.75. The lowest BCUT2D eigenvalue weighted by Crippen LogP contribution is -2.45. The molecule has 0 bridgehead atoms. The molecule has 4 nitrogen and oxygen atoms in total. The number of benzene rings is 1. The summed E-state index contributed by atoms with van der Waals surface area (Å²) < 4.78 is 1.10. The predicted molar refractivity (Wildman–Crippen MR) is 86.3 cm³/mol. The fraction of sp³-hybridized carbons (Fsp3) is 0.467. The Hall–Kier alpha value is -0.950. The molecule has 0 aliphatic carbocycles. The van der Waals surface area contributed by atoms with Crippen LogP contribution in [0.5, 0.6) is 0 Å². The minimum absolute atomic E-state index is 0.0233. The minimum Gasteiger partial charge on any atom is -0.294 e. The third-order valence-corrected chi connectivity index (χ3v) is 4.10. The Morgan fingerprint density at radius 2 is 1.70 bits per heavy atom. The van der Waals surface area contributed by atoms with Crippen molar-refractivity contribution in [2.24, 2.45) is 0 Å². The molecule has 1 aromatic carbocycles. The smallest absolute Gasteiger partial charge is 0.234 e. The molecular weight excluding hydrogens is 367 g/mol. The van der Waals surface area contributed by atoms with Crippen LogP contribution in [0.25, 0.3) is 0 Å². The molecule has 20 heavy (non-hydrogen) atoms. The van der Waals surface area contributed by atoms with E-state index in [-0.39, 0.29) is 24.5 Å². The zero-order valence-electron chi connectivity index (χ0n) is 11.4. The molecule has 1 aliphatic rings. The maximum atomic E-state index is 12.0. The van der Waals surface area contributed by atoms with E-state index >= 15 is 0 Å². The molecular formula is C15H19IN2O2. The molecule has 108 valence electrons. The van der Waals surface area contributed by atoms with Crippen LogP contribution in [0, 0.1) is 3.57 Å². The molecule has 1 fully saturated rings. The number of amides is 1. The van der Waals surface area contributed by atoms with Crippen LogP contribution in [0.15, 0.2) is 24.3 Å². The zero-order chi connectivity index (χ0) is 14.4. The second kappa shape index (κ2) is 7.73. The van der Waals surface area contributed by atoms with E-state index < -0.39 is 0 Å². The molecule has 0 spiro atoms. The summed E-state index contributed by atoms with van der Waals surface area (Å²) in [5.41, 5.74) is 3.55. The number of halogens is 1. The number of hydrogen-bond acceptors (Lipinski definition) is 3. The lowest BCUT2D eigenvalue weighted by molar-refractivity contribution is -0.126. The highest BCUT2D eigenvalue weighted by molar-refractivity contribution is 14.1. The van der Waals surface area contributed by atoms with Gasteiger partial charge in [0.25, 0.3) is 0 Å². The van der Waals surface area contributed by atoms with Gasteiger partial charge in [-0.3, -0.25) is 15.0 Å². The van der Waals surface area contributed by atoms with Gasteiger partial charge in [0.05, 0.1) is 0 Å². The first-order valence-electron chi connectivity index (χ1n) is 6.98.